The average molecular weight is 433 g/mol. The third kappa shape index (κ3) is 3.78. The molecule has 1 aromatic heterocycles. The van der Waals surface area contributed by atoms with Crippen molar-refractivity contribution in [2.45, 2.75) is 32.3 Å². The molecule has 32 heavy (non-hydrogen) atoms. The van der Waals surface area contributed by atoms with Crippen LogP contribution in [0.3, 0.4) is 0 Å². The summed E-state index contributed by atoms with van der Waals surface area (Å²) in [6.45, 7) is 3.70. The Bertz CT molecular complexity index is 1230. The summed E-state index contributed by atoms with van der Waals surface area (Å²) in [5.74, 6) is -0.136. The molecule has 0 N–H and O–H groups in total. The average Bonchev–Trinajstić information content (AvgIpc) is 3.12. The topological polar surface area (TPSA) is 23.4 Å². The van der Waals surface area contributed by atoms with Crippen molar-refractivity contribution in [3.63, 3.8) is 0 Å². The zero-order valence-corrected chi connectivity index (χ0v) is 18.0. The van der Waals surface area contributed by atoms with Crippen LogP contribution in [0, 0.1) is 18.6 Å². The fourth-order valence-corrected chi connectivity index (χ4v) is 4.72. The zero-order chi connectivity index (χ0) is 22.1. The Balaban J connectivity index is 1.69. The first-order valence-electron chi connectivity index (χ1n) is 11.0. The van der Waals surface area contributed by atoms with E-state index < -0.39 is 0 Å². The van der Waals surface area contributed by atoms with E-state index in [1.165, 1.54) is 18.2 Å². The number of benzene rings is 3. The fourth-order valence-electron chi connectivity index (χ4n) is 4.72. The van der Waals surface area contributed by atoms with Crippen molar-refractivity contribution in [3.05, 3.63) is 95.2 Å². The number of aromatic nitrogens is 1. The van der Waals surface area contributed by atoms with Gasteiger partial charge in [0.05, 0.1) is 5.52 Å². The van der Waals surface area contributed by atoms with Gasteiger partial charge in [0, 0.05) is 35.9 Å². The molecule has 0 unspecified atom stereocenters. The van der Waals surface area contributed by atoms with E-state index in [1.54, 1.807) is 18.2 Å². The van der Waals surface area contributed by atoms with Gasteiger partial charge in [-0.3, -0.25) is 0 Å². The van der Waals surface area contributed by atoms with Crippen molar-refractivity contribution in [2.75, 3.05) is 13.2 Å². The van der Waals surface area contributed by atoms with Crippen molar-refractivity contribution in [3.8, 4) is 11.4 Å². The van der Waals surface area contributed by atoms with Gasteiger partial charge in [-0.15, -0.1) is 0 Å². The number of ether oxygens (including phenoxy) is 2. The third-order valence-electron chi connectivity index (χ3n) is 6.25. The van der Waals surface area contributed by atoms with Crippen molar-refractivity contribution in [1.29, 1.82) is 0 Å². The zero-order valence-electron chi connectivity index (χ0n) is 18.0. The Hall–Kier alpha value is -3.18. The van der Waals surface area contributed by atoms with Crippen molar-refractivity contribution in [1.82, 2.24) is 4.57 Å². The number of halogens is 2. The first-order chi connectivity index (χ1) is 15.6. The van der Waals surface area contributed by atoms with Crippen molar-refractivity contribution >= 4 is 10.9 Å². The van der Waals surface area contributed by atoms with Crippen LogP contribution in [-0.2, 0) is 11.3 Å². The summed E-state index contributed by atoms with van der Waals surface area (Å²) < 4.78 is 42.5. The molecule has 0 aliphatic carbocycles. The first kappa shape index (κ1) is 20.7. The number of fused-ring (bicyclic) bond motifs is 1. The summed E-state index contributed by atoms with van der Waals surface area (Å²) in [5.41, 5.74) is 4.81. The molecule has 5 heteroatoms. The molecule has 3 aromatic carbocycles. The monoisotopic (exact) mass is 433 g/mol. The Kier molecular flexibility index (Phi) is 5.66. The normalized spacial score (nSPS) is 14.7. The molecule has 2 heterocycles. The lowest BCUT2D eigenvalue weighted by Gasteiger charge is -2.25. The van der Waals surface area contributed by atoms with Crippen LogP contribution in [0.25, 0.3) is 16.6 Å². The molecular formula is C27H25F2NO2. The summed E-state index contributed by atoms with van der Waals surface area (Å²) in [5, 5.41) is 0.770. The second kappa shape index (κ2) is 8.75. The van der Waals surface area contributed by atoms with Crippen LogP contribution in [0.2, 0.25) is 0 Å². The number of rotatable bonds is 5. The lowest BCUT2D eigenvalue weighted by atomic mass is 9.93. The minimum absolute atomic E-state index is 0.262. The van der Waals surface area contributed by atoms with Gasteiger partial charge in [-0.25, -0.2) is 8.78 Å². The van der Waals surface area contributed by atoms with Gasteiger partial charge in [-0.2, -0.15) is 0 Å². The number of aryl methyl sites for hydroxylation is 1. The van der Waals surface area contributed by atoms with Crippen LogP contribution in [0.1, 0.15) is 35.6 Å². The molecule has 0 saturated carbocycles. The highest BCUT2D eigenvalue weighted by atomic mass is 19.1. The Morgan fingerprint density at radius 3 is 2.38 bits per heavy atom. The standard InChI is InChI=1S/C27H25F2NO2/c1-18-25-24(12-11-23(29)27(25)32-17-19-5-3-2-4-6-19)30(22-9-7-21(28)8-10-22)26(18)20-13-15-31-16-14-20/h2-12,20H,13-17H2,1H3. The number of hydrogen-bond acceptors (Lipinski definition) is 2. The predicted molar refractivity (Wildman–Crippen MR) is 121 cm³/mol. The Morgan fingerprint density at radius 1 is 0.938 bits per heavy atom. The molecule has 0 atom stereocenters. The van der Waals surface area contributed by atoms with Crippen LogP contribution >= 0.6 is 0 Å². The predicted octanol–water partition coefficient (Wildman–Crippen LogP) is 6.69. The van der Waals surface area contributed by atoms with Gasteiger partial charge in [0.2, 0.25) is 0 Å². The molecule has 5 rings (SSSR count). The molecular weight excluding hydrogens is 408 g/mol. The SMILES string of the molecule is Cc1c(C2CCOCC2)n(-c2ccc(F)cc2)c2ccc(F)c(OCc3ccccc3)c12. The van der Waals surface area contributed by atoms with Gasteiger partial charge >= 0.3 is 0 Å². The quantitative estimate of drug-likeness (QED) is 0.350. The lowest BCUT2D eigenvalue weighted by molar-refractivity contribution is 0.0841. The molecule has 0 radical (unpaired) electrons. The maximum Gasteiger partial charge on any atom is 0.165 e. The highest BCUT2D eigenvalue weighted by molar-refractivity contribution is 5.93. The maximum absolute atomic E-state index is 15.0. The molecule has 1 aliphatic heterocycles. The smallest absolute Gasteiger partial charge is 0.165 e. The molecule has 3 nitrogen and oxygen atoms in total. The van der Waals surface area contributed by atoms with Crippen molar-refractivity contribution in [2.24, 2.45) is 0 Å². The van der Waals surface area contributed by atoms with E-state index in [4.69, 9.17) is 9.47 Å². The van der Waals surface area contributed by atoms with Crippen LogP contribution in [0.5, 0.6) is 5.75 Å². The molecule has 4 aromatic rings. The Morgan fingerprint density at radius 2 is 1.66 bits per heavy atom. The minimum atomic E-state index is -0.383. The molecule has 1 aliphatic rings. The van der Waals surface area contributed by atoms with E-state index >= 15 is 4.39 Å². The molecule has 0 amide bonds. The summed E-state index contributed by atoms with van der Waals surface area (Å²) in [6.07, 6.45) is 1.78. The van der Waals surface area contributed by atoms with Crippen LogP contribution in [-0.4, -0.2) is 17.8 Å². The van der Waals surface area contributed by atoms with Crippen LogP contribution in [0.15, 0.2) is 66.7 Å². The number of hydrogen-bond donors (Lipinski definition) is 0. The maximum atomic E-state index is 15.0. The second-order valence-electron chi connectivity index (χ2n) is 8.25. The largest absolute Gasteiger partial charge is 0.485 e. The fraction of sp³-hybridized carbons (Fsp3) is 0.259. The first-order valence-corrected chi connectivity index (χ1v) is 11.0. The molecule has 1 fully saturated rings. The van der Waals surface area contributed by atoms with Gasteiger partial charge in [-0.1, -0.05) is 30.3 Å². The minimum Gasteiger partial charge on any atom is -0.485 e. The van der Waals surface area contributed by atoms with E-state index in [2.05, 4.69) is 4.57 Å². The van der Waals surface area contributed by atoms with E-state index in [9.17, 15) is 4.39 Å². The third-order valence-corrected chi connectivity index (χ3v) is 6.25. The summed E-state index contributed by atoms with van der Waals surface area (Å²) in [7, 11) is 0. The highest BCUT2D eigenvalue weighted by Crippen LogP contribution is 2.42. The summed E-state index contributed by atoms with van der Waals surface area (Å²) in [6, 6.07) is 19.4. The van der Waals surface area contributed by atoms with Gasteiger partial charge in [-0.05, 0) is 67.3 Å². The second-order valence-corrected chi connectivity index (χ2v) is 8.25. The van der Waals surface area contributed by atoms with E-state index in [1.807, 2.05) is 37.3 Å². The van der Waals surface area contributed by atoms with E-state index in [-0.39, 0.29) is 29.9 Å². The van der Waals surface area contributed by atoms with Crippen LogP contribution in [0.4, 0.5) is 8.78 Å². The molecule has 1 saturated heterocycles. The van der Waals surface area contributed by atoms with Crippen LogP contribution < -0.4 is 4.74 Å². The van der Waals surface area contributed by atoms with Gasteiger partial charge in [0.25, 0.3) is 0 Å². The molecule has 0 bridgehead atoms. The van der Waals surface area contributed by atoms with Gasteiger partial charge in [0.15, 0.2) is 11.6 Å². The molecule has 0 spiro atoms. The van der Waals surface area contributed by atoms with Gasteiger partial charge < -0.3 is 14.0 Å². The summed E-state index contributed by atoms with van der Waals surface area (Å²) in [4.78, 5) is 0. The van der Waals surface area contributed by atoms with E-state index in [0.717, 1.165) is 46.3 Å². The Labute approximate surface area is 186 Å². The van der Waals surface area contributed by atoms with Gasteiger partial charge in [0.1, 0.15) is 12.4 Å². The summed E-state index contributed by atoms with van der Waals surface area (Å²) >= 11 is 0. The van der Waals surface area contributed by atoms with Crippen molar-refractivity contribution < 1.29 is 18.3 Å². The highest BCUT2D eigenvalue weighted by Gasteiger charge is 2.27. The molecule has 164 valence electrons. The van der Waals surface area contributed by atoms with E-state index in [0.29, 0.717) is 13.2 Å². The lowest BCUT2D eigenvalue weighted by Crippen LogP contribution is -2.17. The number of nitrogens with zero attached hydrogens (tertiary/aromatic N) is 1.